The summed E-state index contributed by atoms with van der Waals surface area (Å²) in [6.07, 6.45) is 0.825. The monoisotopic (exact) mass is 261 g/mol. The zero-order valence-corrected chi connectivity index (χ0v) is 11.5. The van der Waals surface area contributed by atoms with Crippen LogP contribution in [0.5, 0.6) is 0 Å². The number of rotatable bonds is 5. The van der Waals surface area contributed by atoms with Gasteiger partial charge in [0.05, 0.1) is 16.6 Å². The number of nitrogens with zero attached hydrogens (tertiary/aromatic N) is 2. The number of hydrogen-bond acceptors (Lipinski definition) is 3. The molecule has 0 atom stereocenters. The highest BCUT2D eigenvalue weighted by Crippen LogP contribution is 2.17. The van der Waals surface area contributed by atoms with E-state index in [1.807, 2.05) is 17.7 Å². The second-order valence-electron chi connectivity index (χ2n) is 4.95. The average Bonchev–Trinajstić information content (AvgIpc) is 2.65. The summed E-state index contributed by atoms with van der Waals surface area (Å²) in [6.45, 7) is 5.07. The second kappa shape index (κ2) is 5.40. The molecule has 1 aromatic heterocycles. The van der Waals surface area contributed by atoms with Crippen molar-refractivity contribution in [3.8, 4) is 0 Å². The third-order valence-corrected chi connectivity index (χ3v) is 3.12. The molecule has 1 heterocycles. The number of benzene rings is 1. The van der Waals surface area contributed by atoms with Gasteiger partial charge in [0.1, 0.15) is 5.82 Å². The quantitative estimate of drug-likeness (QED) is 0.861. The van der Waals surface area contributed by atoms with E-state index in [0.29, 0.717) is 6.04 Å². The van der Waals surface area contributed by atoms with E-state index in [4.69, 9.17) is 5.11 Å². The molecule has 2 N–H and O–H groups in total. The molecular weight excluding hydrogens is 242 g/mol. The molecule has 0 radical (unpaired) electrons. The van der Waals surface area contributed by atoms with Crippen molar-refractivity contribution in [1.29, 1.82) is 0 Å². The lowest BCUT2D eigenvalue weighted by Crippen LogP contribution is -2.25. The van der Waals surface area contributed by atoms with Crippen molar-refractivity contribution >= 4 is 17.0 Å². The van der Waals surface area contributed by atoms with Gasteiger partial charge in [-0.25, -0.2) is 9.78 Å². The van der Waals surface area contributed by atoms with Crippen LogP contribution in [0.15, 0.2) is 18.2 Å². The molecule has 5 nitrogen and oxygen atoms in total. The molecule has 2 rings (SSSR count). The second-order valence-corrected chi connectivity index (χ2v) is 4.95. The van der Waals surface area contributed by atoms with E-state index in [0.717, 1.165) is 29.8 Å². The summed E-state index contributed by atoms with van der Waals surface area (Å²) >= 11 is 0. The van der Waals surface area contributed by atoms with Crippen molar-refractivity contribution in [2.45, 2.75) is 26.3 Å². The first-order valence-corrected chi connectivity index (χ1v) is 6.41. The highest BCUT2D eigenvalue weighted by molar-refractivity contribution is 5.92. The molecule has 0 unspecified atom stereocenters. The molecule has 19 heavy (non-hydrogen) atoms. The zero-order valence-electron chi connectivity index (χ0n) is 11.5. The van der Waals surface area contributed by atoms with Crippen molar-refractivity contribution in [2.24, 2.45) is 7.05 Å². The molecule has 0 saturated heterocycles. The van der Waals surface area contributed by atoms with Gasteiger partial charge >= 0.3 is 5.97 Å². The number of hydrogen-bond donors (Lipinski definition) is 2. The lowest BCUT2D eigenvalue weighted by atomic mass is 10.2. The van der Waals surface area contributed by atoms with Crippen molar-refractivity contribution in [1.82, 2.24) is 14.9 Å². The summed E-state index contributed by atoms with van der Waals surface area (Å²) < 4.78 is 2.02. The smallest absolute Gasteiger partial charge is 0.335 e. The molecule has 5 heteroatoms. The minimum absolute atomic E-state index is 0.275. The topological polar surface area (TPSA) is 67.2 Å². The van der Waals surface area contributed by atoms with E-state index in [2.05, 4.69) is 24.1 Å². The van der Waals surface area contributed by atoms with Crippen molar-refractivity contribution in [2.75, 3.05) is 6.54 Å². The maximum Gasteiger partial charge on any atom is 0.335 e. The average molecular weight is 261 g/mol. The lowest BCUT2D eigenvalue weighted by Gasteiger charge is -2.07. The molecule has 1 aromatic carbocycles. The Labute approximate surface area is 112 Å². The number of carboxylic acids is 1. The predicted octanol–water partition coefficient (Wildman–Crippen LogP) is 1.81. The molecule has 102 valence electrons. The number of aromatic carboxylic acids is 1. The molecule has 0 fully saturated rings. The summed E-state index contributed by atoms with van der Waals surface area (Å²) in [5, 5.41) is 12.3. The van der Waals surface area contributed by atoms with Gasteiger partial charge in [-0.3, -0.25) is 0 Å². The molecule has 0 spiro atoms. The molecular formula is C14H19N3O2. The number of carbonyl (C=O) groups is 1. The van der Waals surface area contributed by atoms with Crippen LogP contribution < -0.4 is 5.32 Å². The van der Waals surface area contributed by atoms with Gasteiger partial charge in [0.2, 0.25) is 0 Å². The first kappa shape index (κ1) is 13.5. The Balaban J connectivity index is 2.26. The summed E-state index contributed by atoms with van der Waals surface area (Å²) in [5.74, 6) is 0.0428. The number of aryl methyl sites for hydroxylation is 1. The van der Waals surface area contributed by atoms with Gasteiger partial charge in [-0.2, -0.15) is 0 Å². The van der Waals surface area contributed by atoms with Crippen LogP contribution >= 0.6 is 0 Å². The Morgan fingerprint density at radius 2 is 2.21 bits per heavy atom. The minimum atomic E-state index is -0.921. The van der Waals surface area contributed by atoms with Crippen LogP contribution in [-0.4, -0.2) is 33.2 Å². The fourth-order valence-corrected chi connectivity index (χ4v) is 2.08. The van der Waals surface area contributed by atoms with E-state index in [9.17, 15) is 4.79 Å². The van der Waals surface area contributed by atoms with Crippen LogP contribution in [0.25, 0.3) is 11.0 Å². The minimum Gasteiger partial charge on any atom is -0.478 e. The molecule has 0 saturated carbocycles. The molecule has 0 bridgehead atoms. The van der Waals surface area contributed by atoms with Gasteiger partial charge in [0.15, 0.2) is 0 Å². The number of nitrogens with one attached hydrogen (secondary N) is 1. The van der Waals surface area contributed by atoms with E-state index in [1.54, 1.807) is 12.1 Å². The van der Waals surface area contributed by atoms with Crippen LogP contribution in [-0.2, 0) is 13.5 Å². The Morgan fingerprint density at radius 1 is 1.47 bits per heavy atom. The van der Waals surface area contributed by atoms with Crippen LogP contribution in [0.2, 0.25) is 0 Å². The third-order valence-electron chi connectivity index (χ3n) is 3.12. The predicted molar refractivity (Wildman–Crippen MR) is 74.5 cm³/mol. The van der Waals surface area contributed by atoms with Gasteiger partial charge in [-0.15, -0.1) is 0 Å². The third kappa shape index (κ3) is 2.93. The Morgan fingerprint density at radius 3 is 2.84 bits per heavy atom. The Hall–Kier alpha value is -1.88. The molecule has 2 aromatic rings. The number of imidazole rings is 1. The van der Waals surface area contributed by atoms with E-state index >= 15 is 0 Å². The van der Waals surface area contributed by atoms with Crippen molar-refractivity contribution in [3.63, 3.8) is 0 Å². The number of carboxylic acid groups (broad SMARTS) is 1. The fourth-order valence-electron chi connectivity index (χ4n) is 2.08. The first-order chi connectivity index (χ1) is 8.99. The van der Waals surface area contributed by atoms with E-state index in [-0.39, 0.29) is 5.56 Å². The zero-order chi connectivity index (χ0) is 14.0. The highest BCUT2D eigenvalue weighted by atomic mass is 16.4. The summed E-state index contributed by atoms with van der Waals surface area (Å²) in [7, 11) is 1.96. The van der Waals surface area contributed by atoms with Gasteiger partial charge in [-0.1, -0.05) is 13.8 Å². The van der Waals surface area contributed by atoms with Crippen LogP contribution in [0.1, 0.15) is 30.0 Å². The molecule has 0 aliphatic carbocycles. The number of aromatic nitrogens is 2. The van der Waals surface area contributed by atoms with Crippen LogP contribution in [0.4, 0.5) is 0 Å². The SMILES string of the molecule is CC(C)NCCc1nc2cc(C(=O)O)ccc2n1C. The summed E-state index contributed by atoms with van der Waals surface area (Å²) in [4.78, 5) is 15.5. The normalized spacial score (nSPS) is 11.4. The maximum atomic E-state index is 10.9. The highest BCUT2D eigenvalue weighted by Gasteiger charge is 2.10. The van der Waals surface area contributed by atoms with Gasteiger partial charge in [0.25, 0.3) is 0 Å². The molecule has 0 aliphatic heterocycles. The molecule has 0 amide bonds. The van der Waals surface area contributed by atoms with E-state index < -0.39 is 5.97 Å². The van der Waals surface area contributed by atoms with Gasteiger partial charge in [0, 0.05) is 26.1 Å². The largest absolute Gasteiger partial charge is 0.478 e. The lowest BCUT2D eigenvalue weighted by molar-refractivity contribution is 0.0697. The Bertz CT molecular complexity index is 602. The molecule has 0 aliphatic rings. The van der Waals surface area contributed by atoms with Crippen LogP contribution in [0.3, 0.4) is 0 Å². The standard InChI is InChI=1S/C14H19N3O2/c1-9(2)15-7-6-13-16-11-8-10(14(18)19)4-5-12(11)17(13)3/h4-5,8-9,15H,6-7H2,1-3H3,(H,18,19). The van der Waals surface area contributed by atoms with Crippen molar-refractivity contribution < 1.29 is 9.90 Å². The Kier molecular flexibility index (Phi) is 3.85. The summed E-state index contributed by atoms with van der Waals surface area (Å²) in [6, 6.07) is 5.50. The van der Waals surface area contributed by atoms with Crippen molar-refractivity contribution in [3.05, 3.63) is 29.6 Å². The maximum absolute atomic E-state index is 10.9. The first-order valence-electron chi connectivity index (χ1n) is 6.41. The van der Waals surface area contributed by atoms with Gasteiger partial charge in [-0.05, 0) is 18.2 Å². The van der Waals surface area contributed by atoms with Crippen LogP contribution in [0, 0.1) is 0 Å². The van der Waals surface area contributed by atoms with E-state index in [1.165, 1.54) is 0 Å². The number of fused-ring (bicyclic) bond motifs is 1. The fraction of sp³-hybridized carbons (Fsp3) is 0.429. The summed E-state index contributed by atoms with van der Waals surface area (Å²) in [5.41, 5.74) is 1.98. The van der Waals surface area contributed by atoms with Gasteiger partial charge < -0.3 is 15.0 Å².